The van der Waals surface area contributed by atoms with Crippen molar-refractivity contribution in [2.24, 2.45) is 0 Å². The highest BCUT2D eigenvalue weighted by atomic mass is 16.5. The molecule has 0 spiro atoms. The first-order valence-electron chi connectivity index (χ1n) is 10.5. The molecule has 0 radical (unpaired) electrons. The van der Waals surface area contributed by atoms with E-state index in [4.69, 9.17) is 9.72 Å². The fourth-order valence-corrected chi connectivity index (χ4v) is 4.27. The Morgan fingerprint density at radius 1 is 1.13 bits per heavy atom. The van der Waals surface area contributed by atoms with Crippen LogP contribution in [0.25, 0.3) is 16.9 Å². The second-order valence-corrected chi connectivity index (χ2v) is 8.14. The molecule has 1 saturated carbocycles. The summed E-state index contributed by atoms with van der Waals surface area (Å²) in [5.74, 6) is 1.95. The molecule has 2 aromatic carbocycles. The molecule has 5 nitrogen and oxygen atoms in total. The van der Waals surface area contributed by atoms with Crippen LogP contribution in [0.2, 0.25) is 0 Å². The third-order valence-electron chi connectivity index (χ3n) is 6.11. The van der Waals surface area contributed by atoms with E-state index >= 15 is 0 Å². The molecule has 5 heteroatoms. The molecular weight excluding hydrogens is 374 g/mol. The summed E-state index contributed by atoms with van der Waals surface area (Å²) >= 11 is 0. The van der Waals surface area contributed by atoms with Gasteiger partial charge in [0, 0.05) is 23.9 Å². The average Bonchev–Trinajstić information content (AvgIpc) is 3.16. The van der Waals surface area contributed by atoms with Crippen LogP contribution in [-0.4, -0.2) is 25.1 Å². The van der Waals surface area contributed by atoms with Crippen molar-refractivity contribution in [3.8, 4) is 17.1 Å². The number of aromatic nitrogens is 3. The molecule has 0 amide bonds. The largest absolute Gasteiger partial charge is 0.489 e. The Morgan fingerprint density at radius 3 is 2.77 bits per heavy atom. The van der Waals surface area contributed by atoms with Gasteiger partial charge in [0.25, 0.3) is 0 Å². The van der Waals surface area contributed by atoms with Crippen LogP contribution in [0.3, 0.4) is 0 Å². The molecule has 0 aliphatic heterocycles. The van der Waals surface area contributed by atoms with E-state index in [1.807, 2.05) is 55.7 Å². The number of imidazole rings is 1. The zero-order valence-corrected chi connectivity index (χ0v) is 17.0. The summed E-state index contributed by atoms with van der Waals surface area (Å²) in [6.45, 7) is 2.56. The van der Waals surface area contributed by atoms with E-state index < -0.39 is 5.60 Å². The van der Waals surface area contributed by atoms with Gasteiger partial charge >= 0.3 is 0 Å². The van der Waals surface area contributed by atoms with Crippen molar-refractivity contribution in [1.82, 2.24) is 14.4 Å². The van der Waals surface area contributed by atoms with Gasteiger partial charge in [0.05, 0.1) is 23.0 Å². The van der Waals surface area contributed by atoms with Crippen LogP contribution < -0.4 is 4.74 Å². The molecule has 0 saturated heterocycles. The van der Waals surface area contributed by atoms with Crippen LogP contribution in [0.5, 0.6) is 5.75 Å². The second kappa shape index (κ2) is 7.58. The zero-order chi connectivity index (χ0) is 20.6. The SMILES string of the molecule is CCC1(O)CC(c2nc(-c3cccc(OCc4ccccc4)c3)n3ccncc23)C1. The van der Waals surface area contributed by atoms with Gasteiger partial charge in [0.2, 0.25) is 0 Å². The number of hydrogen-bond donors (Lipinski definition) is 1. The molecule has 0 atom stereocenters. The molecular formula is C25H25N3O2. The van der Waals surface area contributed by atoms with Crippen LogP contribution >= 0.6 is 0 Å². The minimum absolute atomic E-state index is 0.264. The fraction of sp³-hybridized carbons (Fsp3) is 0.280. The average molecular weight is 399 g/mol. The quantitative estimate of drug-likeness (QED) is 0.496. The molecule has 1 aliphatic rings. The highest BCUT2D eigenvalue weighted by Gasteiger charge is 2.43. The number of rotatable bonds is 6. The maximum Gasteiger partial charge on any atom is 0.145 e. The van der Waals surface area contributed by atoms with E-state index in [1.165, 1.54) is 0 Å². The Kier molecular flexibility index (Phi) is 4.75. The molecule has 0 bridgehead atoms. The normalized spacial score (nSPS) is 20.8. The van der Waals surface area contributed by atoms with Crippen LogP contribution in [0.4, 0.5) is 0 Å². The second-order valence-electron chi connectivity index (χ2n) is 8.14. The number of hydrogen-bond acceptors (Lipinski definition) is 4. The molecule has 5 rings (SSSR count). The number of nitrogens with zero attached hydrogens (tertiary/aromatic N) is 3. The molecule has 2 heterocycles. The molecule has 30 heavy (non-hydrogen) atoms. The standard InChI is InChI=1S/C25H25N3O2/c1-2-25(29)14-20(15-25)23-22-16-26-11-12-28(22)24(27-23)19-9-6-10-21(13-19)30-17-18-7-4-3-5-8-18/h3-13,16,20,29H,2,14-15,17H2,1H3. The van der Waals surface area contributed by atoms with Gasteiger partial charge in [-0.1, -0.05) is 49.4 Å². The van der Waals surface area contributed by atoms with Crippen molar-refractivity contribution in [2.75, 3.05) is 0 Å². The maximum atomic E-state index is 10.5. The third kappa shape index (κ3) is 3.46. The maximum absolute atomic E-state index is 10.5. The van der Waals surface area contributed by atoms with Gasteiger partial charge in [-0.25, -0.2) is 4.98 Å². The smallest absolute Gasteiger partial charge is 0.145 e. The lowest BCUT2D eigenvalue weighted by Crippen LogP contribution is -2.41. The summed E-state index contributed by atoms with van der Waals surface area (Å²) in [7, 11) is 0. The van der Waals surface area contributed by atoms with Crippen LogP contribution in [0.15, 0.2) is 73.2 Å². The van der Waals surface area contributed by atoms with Crippen molar-refractivity contribution in [3.05, 3.63) is 84.4 Å². The lowest BCUT2D eigenvalue weighted by Gasteiger charge is -2.42. The number of benzene rings is 2. The minimum Gasteiger partial charge on any atom is -0.489 e. The fourth-order valence-electron chi connectivity index (χ4n) is 4.27. The van der Waals surface area contributed by atoms with Gasteiger partial charge in [0.1, 0.15) is 18.2 Å². The Bertz CT molecular complexity index is 1160. The van der Waals surface area contributed by atoms with E-state index in [0.29, 0.717) is 6.61 Å². The summed E-state index contributed by atoms with van der Waals surface area (Å²) in [5.41, 5.74) is 3.61. The lowest BCUT2D eigenvalue weighted by molar-refractivity contribution is -0.0521. The van der Waals surface area contributed by atoms with E-state index in [9.17, 15) is 5.11 Å². The van der Waals surface area contributed by atoms with Crippen molar-refractivity contribution in [1.29, 1.82) is 0 Å². The predicted octanol–water partition coefficient (Wildman–Crippen LogP) is 4.99. The number of ether oxygens (including phenoxy) is 1. The summed E-state index contributed by atoms with van der Waals surface area (Å²) < 4.78 is 8.10. The molecule has 2 aromatic heterocycles. The molecule has 0 unspecified atom stereocenters. The van der Waals surface area contributed by atoms with E-state index in [1.54, 1.807) is 6.20 Å². The van der Waals surface area contributed by atoms with Gasteiger partial charge in [-0.3, -0.25) is 9.38 Å². The monoisotopic (exact) mass is 399 g/mol. The highest BCUT2D eigenvalue weighted by molar-refractivity contribution is 5.67. The first-order chi connectivity index (χ1) is 14.6. The van der Waals surface area contributed by atoms with Gasteiger partial charge in [0.15, 0.2) is 0 Å². The molecule has 4 aromatic rings. The Morgan fingerprint density at radius 2 is 1.97 bits per heavy atom. The Balaban J connectivity index is 1.45. The Labute approximate surface area is 176 Å². The zero-order valence-electron chi connectivity index (χ0n) is 17.0. The van der Waals surface area contributed by atoms with Gasteiger partial charge in [-0.2, -0.15) is 0 Å². The first kappa shape index (κ1) is 18.8. The first-order valence-corrected chi connectivity index (χ1v) is 10.5. The summed E-state index contributed by atoms with van der Waals surface area (Å²) in [6, 6.07) is 18.2. The molecule has 152 valence electrons. The highest BCUT2D eigenvalue weighted by Crippen LogP contribution is 2.47. The van der Waals surface area contributed by atoms with E-state index in [-0.39, 0.29) is 5.92 Å². The van der Waals surface area contributed by atoms with Crippen LogP contribution in [0, 0.1) is 0 Å². The summed E-state index contributed by atoms with van der Waals surface area (Å²) in [6.07, 6.45) is 7.88. The summed E-state index contributed by atoms with van der Waals surface area (Å²) in [4.78, 5) is 9.31. The number of aliphatic hydroxyl groups is 1. The topological polar surface area (TPSA) is 59.7 Å². The van der Waals surface area contributed by atoms with Gasteiger partial charge < -0.3 is 9.84 Å². The van der Waals surface area contributed by atoms with E-state index in [0.717, 1.165) is 53.2 Å². The molecule has 1 aliphatic carbocycles. The van der Waals surface area contributed by atoms with Crippen molar-refractivity contribution in [3.63, 3.8) is 0 Å². The lowest BCUT2D eigenvalue weighted by atomic mass is 9.68. The minimum atomic E-state index is -0.547. The van der Waals surface area contributed by atoms with Crippen molar-refractivity contribution in [2.45, 2.75) is 44.3 Å². The van der Waals surface area contributed by atoms with Gasteiger partial charge in [-0.05, 0) is 37.0 Å². The number of fused-ring (bicyclic) bond motifs is 1. The molecule has 1 fully saturated rings. The molecule has 1 N–H and O–H groups in total. The van der Waals surface area contributed by atoms with Crippen LogP contribution in [0.1, 0.15) is 43.4 Å². The van der Waals surface area contributed by atoms with E-state index in [2.05, 4.69) is 27.6 Å². The Hall–Kier alpha value is -3.18. The predicted molar refractivity (Wildman–Crippen MR) is 116 cm³/mol. The van der Waals surface area contributed by atoms with Crippen molar-refractivity contribution >= 4 is 5.52 Å². The van der Waals surface area contributed by atoms with Crippen LogP contribution in [-0.2, 0) is 6.61 Å². The van der Waals surface area contributed by atoms with Gasteiger partial charge in [-0.15, -0.1) is 0 Å². The summed E-state index contributed by atoms with van der Waals surface area (Å²) in [5, 5.41) is 10.5. The third-order valence-corrected chi connectivity index (χ3v) is 6.11. The van der Waals surface area contributed by atoms with Crippen molar-refractivity contribution < 1.29 is 9.84 Å².